The lowest BCUT2D eigenvalue weighted by Gasteiger charge is -2.28. The van der Waals surface area contributed by atoms with E-state index >= 15 is 0 Å². The molecule has 0 aliphatic carbocycles. The van der Waals surface area contributed by atoms with Crippen molar-refractivity contribution in [3.8, 4) is 11.5 Å². The number of hydrogen-bond donors (Lipinski definition) is 0. The van der Waals surface area contributed by atoms with Crippen molar-refractivity contribution in [2.75, 3.05) is 30.6 Å². The molecule has 0 amide bonds. The maximum Gasteiger partial charge on any atom is 0.164 e. The van der Waals surface area contributed by atoms with E-state index in [-0.39, 0.29) is 23.6 Å². The van der Waals surface area contributed by atoms with Gasteiger partial charge in [-0.25, -0.2) is 8.42 Å². The van der Waals surface area contributed by atoms with Crippen LogP contribution in [-0.4, -0.2) is 51.4 Å². The van der Waals surface area contributed by atoms with Gasteiger partial charge in [-0.15, -0.1) is 0 Å². The normalized spacial score (nSPS) is 22.3. The van der Waals surface area contributed by atoms with Crippen LogP contribution in [0, 0.1) is 0 Å². The molecule has 2 aromatic rings. The lowest BCUT2D eigenvalue weighted by molar-refractivity contribution is 0.403. The zero-order chi connectivity index (χ0) is 20.6. The summed E-state index contributed by atoms with van der Waals surface area (Å²) in [5.74, 6) is 2.25. The zero-order valence-electron chi connectivity index (χ0n) is 16.0. The summed E-state index contributed by atoms with van der Waals surface area (Å²) in [5, 5.41) is 0.810. The van der Waals surface area contributed by atoms with E-state index in [2.05, 4.69) is 28.1 Å². The van der Waals surface area contributed by atoms with Crippen molar-refractivity contribution in [2.24, 2.45) is 4.99 Å². The van der Waals surface area contributed by atoms with Crippen molar-refractivity contribution < 1.29 is 17.9 Å². The van der Waals surface area contributed by atoms with E-state index in [1.807, 2.05) is 35.2 Å². The first-order valence-corrected chi connectivity index (χ1v) is 12.7. The number of nitrogens with zero attached hydrogens (tertiary/aromatic N) is 2. The van der Waals surface area contributed by atoms with E-state index < -0.39 is 9.84 Å². The Balaban J connectivity index is 1.68. The van der Waals surface area contributed by atoms with Gasteiger partial charge < -0.3 is 14.4 Å². The van der Waals surface area contributed by atoms with Gasteiger partial charge in [0, 0.05) is 16.3 Å². The number of thioether (sulfide) groups is 1. The number of benzene rings is 2. The molecule has 0 aromatic heterocycles. The summed E-state index contributed by atoms with van der Waals surface area (Å²) in [5.41, 5.74) is 1.95. The highest BCUT2D eigenvalue weighted by molar-refractivity contribution is 9.10. The molecule has 4 rings (SSSR count). The summed E-state index contributed by atoms with van der Waals surface area (Å²) in [4.78, 5) is 6.80. The fourth-order valence-corrected chi connectivity index (χ4v) is 6.81. The minimum Gasteiger partial charge on any atom is -0.497 e. The highest BCUT2D eigenvalue weighted by Crippen LogP contribution is 2.41. The zero-order valence-corrected chi connectivity index (χ0v) is 19.3. The van der Waals surface area contributed by atoms with Crippen molar-refractivity contribution in [1.29, 1.82) is 0 Å². The van der Waals surface area contributed by atoms with E-state index in [4.69, 9.17) is 14.5 Å². The predicted molar refractivity (Wildman–Crippen MR) is 121 cm³/mol. The second kappa shape index (κ2) is 8.20. The summed E-state index contributed by atoms with van der Waals surface area (Å²) in [6.45, 7) is 0. The van der Waals surface area contributed by atoms with Gasteiger partial charge in [-0.1, -0.05) is 39.8 Å². The summed E-state index contributed by atoms with van der Waals surface area (Å²) < 4.78 is 36.5. The first kappa shape index (κ1) is 20.6. The molecule has 0 unspecified atom stereocenters. The number of sulfone groups is 1. The first-order valence-electron chi connectivity index (χ1n) is 9.07. The van der Waals surface area contributed by atoms with Crippen molar-refractivity contribution in [1.82, 2.24) is 0 Å². The molecule has 2 atom stereocenters. The van der Waals surface area contributed by atoms with Crippen LogP contribution >= 0.6 is 27.7 Å². The maximum absolute atomic E-state index is 12.3. The summed E-state index contributed by atoms with van der Waals surface area (Å²) in [7, 11) is 0.102. The summed E-state index contributed by atoms with van der Waals surface area (Å²) >= 11 is 5.06. The standard InChI is InChI=1S/C20H21BrN2O4S2/c1-26-15-7-8-19(27-2)17(9-15)23-18-12-29(24,25)11-16(18)22-20(23)28-10-13-3-5-14(21)6-4-13/h3-9,16,18H,10-12H2,1-2H3/t16-,18-/m0/s1. The number of ether oxygens (including phenoxy) is 2. The van der Waals surface area contributed by atoms with Crippen LogP contribution < -0.4 is 14.4 Å². The van der Waals surface area contributed by atoms with Gasteiger partial charge in [0.2, 0.25) is 0 Å². The van der Waals surface area contributed by atoms with E-state index in [0.29, 0.717) is 11.5 Å². The van der Waals surface area contributed by atoms with Gasteiger partial charge in [-0.3, -0.25) is 4.99 Å². The third-order valence-electron chi connectivity index (χ3n) is 5.03. The van der Waals surface area contributed by atoms with Crippen LogP contribution in [0.1, 0.15) is 5.56 Å². The number of aliphatic imine (C=N–C) groups is 1. The minimum atomic E-state index is -3.11. The van der Waals surface area contributed by atoms with E-state index in [1.165, 1.54) is 5.56 Å². The van der Waals surface area contributed by atoms with Crippen LogP contribution in [0.2, 0.25) is 0 Å². The van der Waals surface area contributed by atoms with Gasteiger partial charge in [0.15, 0.2) is 15.0 Å². The van der Waals surface area contributed by atoms with Crippen LogP contribution in [0.15, 0.2) is 51.9 Å². The van der Waals surface area contributed by atoms with Crippen LogP contribution in [0.3, 0.4) is 0 Å². The second-order valence-electron chi connectivity index (χ2n) is 6.95. The molecule has 0 radical (unpaired) electrons. The second-order valence-corrected chi connectivity index (χ2v) is 11.0. The Labute approximate surface area is 183 Å². The van der Waals surface area contributed by atoms with E-state index in [1.54, 1.807) is 26.0 Å². The number of anilines is 1. The molecule has 0 spiro atoms. The molecule has 2 aliphatic heterocycles. The maximum atomic E-state index is 12.3. The molecule has 6 nitrogen and oxygen atoms in total. The molecular formula is C20H21BrN2O4S2. The third kappa shape index (κ3) is 4.27. The highest BCUT2D eigenvalue weighted by atomic mass is 79.9. The summed E-state index contributed by atoms with van der Waals surface area (Å²) in [6, 6.07) is 13.2. The number of fused-ring (bicyclic) bond motifs is 1. The number of halogens is 1. The molecule has 1 saturated heterocycles. The Hall–Kier alpha value is -1.71. The quantitative estimate of drug-likeness (QED) is 0.627. The fraction of sp³-hybridized carbons (Fsp3) is 0.350. The average Bonchev–Trinajstić information content (AvgIpc) is 3.17. The number of hydrogen-bond acceptors (Lipinski definition) is 7. The molecule has 9 heteroatoms. The SMILES string of the molecule is COc1ccc(OC)c(N2C(SCc3ccc(Br)cc3)=N[C@H]3CS(=O)(=O)C[C@@H]32)c1. The first-order chi connectivity index (χ1) is 13.9. The number of methoxy groups -OCH3 is 2. The van der Waals surface area contributed by atoms with Gasteiger partial charge in [-0.05, 0) is 29.8 Å². The monoisotopic (exact) mass is 496 g/mol. The van der Waals surface area contributed by atoms with Gasteiger partial charge in [0.25, 0.3) is 0 Å². The Morgan fingerprint density at radius 1 is 1.14 bits per heavy atom. The van der Waals surface area contributed by atoms with E-state index in [0.717, 1.165) is 21.1 Å². The fourth-order valence-electron chi connectivity index (χ4n) is 3.63. The highest BCUT2D eigenvalue weighted by Gasteiger charge is 2.47. The molecule has 0 saturated carbocycles. The minimum absolute atomic E-state index is 0.0861. The predicted octanol–water partition coefficient (Wildman–Crippen LogP) is 3.74. The largest absolute Gasteiger partial charge is 0.497 e. The van der Waals surface area contributed by atoms with Crippen molar-refractivity contribution >= 4 is 48.4 Å². The van der Waals surface area contributed by atoms with Crippen LogP contribution in [0.25, 0.3) is 0 Å². The lowest BCUT2D eigenvalue weighted by atomic mass is 10.1. The molecule has 29 heavy (non-hydrogen) atoms. The molecule has 2 aromatic carbocycles. The summed E-state index contributed by atoms with van der Waals surface area (Å²) in [6.07, 6.45) is 0. The van der Waals surface area contributed by atoms with Crippen LogP contribution in [0.5, 0.6) is 11.5 Å². The number of rotatable bonds is 5. The Kier molecular flexibility index (Phi) is 5.81. The van der Waals surface area contributed by atoms with Gasteiger partial charge in [0.05, 0.1) is 43.5 Å². The van der Waals surface area contributed by atoms with Crippen molar-refractivity contribution in [3.05, 3.63) is 52.5 Å². The topological polar surface area (TPSA) is 68.2 Å². The average molecular weight is 497 g/mol. The molecule has 2 aliphatic rings. The molecule has 2 heterocycles. The van der Waals surface area contributed by atoms with Crippen molar-refractivity contribution in [2.45, 2.75) is 17.8 Å². The molecule has 1 fully saturated rings. The molecule has 154 valence electrons. The lowest BCUT2D eigenvalue weighted by Crippen LogP contribution is -2.39. The third-order valence-corrected chi connectivity index (χ3v) is 8.30. The van der Waals surface area contributed by atoms with Gasteiger partial charge >= 0.3 is 0 Å². The number of amidine groups is 1. The Bertz CT molecular complexity index is 1040. The van der Waals surface area contributed by atoms with Crippen LogP contribution in [-0.2, 0) is 15.6 Å². The van der Waals surface area contributed by atoms with Gasteiger partial charge in [-0.2, -0.15) is 0 Å². The molecule has 0 N–H and O–H groups in total. The van der Waals surface area contributed by atoms with Crippen molar-refractivity contribution in [3.63, 3.8) is 0 Å². The van der Waals surface area contributed by atoms with Crippen LogP contribution in [0.4, 0.5) is 5.69 Å². The molecular weight excluding hydrogens is 476 g/mol. The van der Waals surface area contributed by atoms with Gasteiger partial charge in [0.1, 0.15) is 11.5 Å². The Morgan fingerprint density at radius 2 is 1.90 bits per heavy atom. The molecule has 0 bridgehead atoms. The van der Waals surface area contributed by atoms with E-state index in [9.17, 15) is 8.42 Å². The Morgan fingerprint density at radius 3 is 2.59 bits per heavy atom. The smallest absolute Gasteiger partial charge is 0.164 e.